The average molecular weight is 363 g/mol. The number of nitrogens with zero attached hydrogens (tertiary/aromatic N) is 2. The van der Waals surface area contributed by atoms with Crippen molar-refractivity contribution in [3.8, 4) is 5.69 Å². The topological polar surface area (TPSA) is 67.2 Å². The normalized spacial score (nSPS) is 12.0. The van der Waals surface area contributed by atoms with Gasteiger partial charge in [0.05, 0.1) is 11.4 Å². The van der Waals surface area contributed by atoms with Gasteiger partial charge in [-0.1, -0.05) is 48.5 Å². The third-order valence-electron chi connectivity index (χ3n) is 4.67. The van der Waals surface area contributed by atoms with E-state index in [0.29, 0.717) is 13.0 Å². The molecule has 0 aliphatic heterocycles. The molecular weight excluding hydrogens is 338 g/mol. The summed E-state index contributed by atoms with van der Waals surface area (Å²) in [6.07, 6.45) is 3.34. The Kier molecular flexibility index (Phi) is 6.39. The minimum absolute atomic E-state index is 0.0868. The lowest BCUT2D eigenvalue weighted by Gasteiger charge is -2.19. The van der Waals surface area contributed by atoms with E-state index >= 15 is 0 Å². The van der Waals surface area contributed by atoms with Crippen molar-refractivity contribution >= 4 is 5.97 Å². The van der Waals surface area contributed by atoms with Crippen molar-refractivity contribution in [3.05, 3.63) is 83.7 Å². The molecule has 2 aromatic carbocycles. The van der Waals surface area contributed by atoms with E-state index < -0.39 is 5.97 Å². The van der Waals surface area contributed by atoms with Crippen LogP contribution < -0.4 is 5.32 Å². The average Bonchev–Trinajstić information content (AvgIpc) is 3.13. The van der Waals surface area contributed by atoms with Gasteiger partial charge in [-0.05, 0) is 43.0 Å². The van der Waals surface area contributed by atoms with Crippen molar-refractivity contribution in [2.24, 2.45) is 0 Å². The zero-order valence-corrected chi connectivity index (χ0v) is 15.5. The van der Waals surface area contributed by atoms with Gasteiger partial charge >= 0.3 is 5.97 Å². The maximum Gasteiger partial charge on any atom is 0.303 e. The molecule has 27 heavy (non-hydrogen) atoms. The highest BCUT2D eigenvalue weighted by Crippen LogP contribution is 2.16. The molecule has 140 valence electrons. The molecule has 0 aliphatic rings. The third kappa shape index (κ3) is 5.28. The standard InChI is InChI=1S/C22H25N3O2/c1-17-7-5-6-10-21(17)25-20(13-14-24-25)16-23-19(11-12-22(26)27)15-18-8-3-2-4-9-18/h2-10,13-14,19,23H,11-12,15-16H2,1H3,(H,26,27). The molecule has 0 radical (unpaired) electrons. The van der Waals surface area contributed by atoms with E-state index in [4.69, 9.17) is 5.11 Å². The van der Waals surface area contributed by atoms with Gasteiger partial charge in [-0.15, -0.1) is 0 Å². The SMILES string of the molecule is Cc1ccccc1-n1nccc1CNC(CCC(=O)O)Cc1ccccc1. The molecule has 0 bridgehead atoms. The molecule has 1 heterocycles. The summed E-state index contributed by atoms with van der Waals surface area (Å²) in [7, 11) is 0. The molecule has 5 heteroatoms. The molecule has 1 unspecified atom stereocenters. The lowest BCUT2D eigenvalue weighted by Crippen LogP contribution is -2.32. The Morgan fingerprint density at radius 2 is 1.85 bits per heavy atom. The van der Waals surface area contributed by atoms with Gasteiger partial charge in [-0.25, -0.2) is 4.68 Å². The summed E-state index contributed by atoms with van der Waals surface area (Å²) in [6, 6.07) is 20.4. The van der Waals surface area contributed by atoms with Crippen molar-refractivity contribution in [1.29, 1.82) is 0 Å². The molecule has 0 aliphatic carbocycles. The van der Waals surface area contributed by atoms with Crippen LogP contribution in [0.1, 0.15) is 29.7 Å². The van der Waals surface area contributed by atoms with Crippen LogP contribution in [0.5, 0.6) is 0 Å². The van der Waals surface area contributed by atoms with Crippen LogP contribution in [0.3, 0.4) is 0 Å². The first-order chi connectivity index (χ1) is 13.1. The number of aliphatic carboxylic acids is 1. The first kappa shape index (κ1) is 18.9. The van der Waals surface area contributed by atoms with Crippen molar-refractivity contribution in [2.45, 2.75) is 38.8 Å². The molecule has 0 amide bonds. The molecule has 0 spiro atoms. The molecule has 3 aromatic rings. The highest BCUT2D eigenvalue weighted by atomic mass is 16.4. The van der Waals surface area contributed by atoms with E-state index in [2.05, 4.69) is 41.6 Å². The van der Waals surface area contributed by atoms with Crippen LogP contribution in [0.4, 0.5) is 0 Å². The second kappa shape index (κ2) is 9.14. The fourth-order valence-corrected chi connectivity index (χ4v) is 3.20. The maximum atomic E-state index is 11.0. The number of hydrogen-bond donors (Lipinski definition) is 2. The fourth-order valence-electron chi connectivity index (χ4n) is 3.20. The lowest BCUT2D eigenvalue weighted by atomic mass is 10.0. The minimum atomic E-state index is -0.764. The third-order valence-corrected chi connectivity index (χ3v) is 4.67. The van der Waals surface area contributed by atoms with Crippen LogP contribution in [0.25, 0.3) is 5.69 Å². The maximum absolute atomic E-state index is 11.0. The first-order valence-electron chi connectivity index (χ1n) is 9.21. The fraction of sp³-hybridized carbons (Fsp3) is 0.273. The van der Waals surface area contributed by atoms with Gasteiger partial charge in [0, 0.05) is 25.2 Å². The molecular formula is C22H25N3O2. The Hall–Kier alpha value is -2.92. The van der Waals surface area contributed by atoms with E-state index in [0.717, 1.165) is 23.4 Å². The lowest BCUT2D eigenvalue weighted by molar-refractivity contribution is -0.137. The van der Waals surface area contributed by atoms with Crippen LogP contribution >= 0.6 is 0 Å². The summed E-state index contributed by atoms with van der Waals surface area (Å²) in [6.45, 7) is 2.70. The molecule has 5 nitrogen and oxygen atoms in total. The number of carbonyl (C=O) groups is 1. The van der Waals surface area contributed by atoms with E-state index in [1.807, 2.05) is 41.1 Å². The monoisotopic (exact) mass is 363 g/mol. The highest BCUT2D eigenvalue weighted by Gasteiger charge is 2.14. The number of aryl methyl sites for hydroxylation is 1. The molecule has 1 atom stereocenters. The zero-order chi connectivity index (χ0) is 19.1. The molecule has 1 aromatic heterocycles. The molecule has 3 rings (SSSR count). The van der Waals surface area contributed by atoms with Crippen molar-refractivity contribution in [2.75, 3.05) is 0 Å². The zero-order valence-electron chi connectivity index (χ0n) is 15.5. The van der Waals surface area contributed by atoms with E-state index in [1.54, 1.807) is 6.20 Å². The van der Waals surface area contributed by atoms with Gasteiger partial charge < -0.3 is 10.4 Å². The number of carboxylic acids is 1. The van der Waals surface area contributed by atoms with Gasteiger partial charge in [0.25, 0.3) is 0 Å². The van der Waals surface area contributed by atoms with Crippen molar-refractivity contribution < 1.29 is 9.90 Å². The van der Waals surface area contributed by atoms with E-state index in [-0.39, 0.29) is 12.5 Å². The summed E-state index contributed by atoms with van der Waals surface area (Å²) in [4.78, 5) is 11.0. The predicted molar refractivity (Wildman–Crippen MR) is 106 cm³/mol. The largest absolute Gasteiger partial charge is 0.481 e. The second-order valence-corrected chi connectivity index (χ2v) is 6.72. The predicted octanol–water partition coefficient (Wildman–Crippen LogP) is 3.75. The number of rotatable bonds is 9. The highest BCUT2D eigenvalue weighted by molar-refractivity contribution is 5.66. The van der Waals surface area contributed by atoms with Gasteiger partial charge in [-0.2, -0.15) is 5.10 Å². The minimum Gasteiger partial charge on any atom is -0.481 e. The van der Waals surface area contributed by atoms with Gasteiger partial charge in [0.2, 0.25) is 0 Å². The van der Waals surface area contributed by atoms with Crippen LogP contribution in [0, 0.1) is 6.92 Å². The number of nitrogens with one attached hydrogen (secondary N) is 1. The second-order valence-electron chi connectivity index (χ2n) is 6.72. The number of aromatic nitrogens is 2. The van der Waals surface area contributed by atoms with Crippen LogP contribution in [0.15, 0.2) is 66.9 Å². The number of carboxylic acid groups (broad SMARTS) is 1. The van der Waals surface area contributed by atoms with E-state index in [9.17, 15) is 4.79 Å². The number of para-hydroxylation sites is 1. The first-order valence-corrected chi connectivity index (χ1v) is 9.21. The Morgan fingerprint density at radius 3 is 2.59 bits per heavy atom. The van der Waals surface area contributed by atoms with Crippen LogP contribution in [-0.2, 0) is 17.8 Å². The molecule has 0 fully saturated rings. The van der Waals surface area contributed by atoms with Crippen LogP contribution in [0.2, 0.25) is 0 Å². The Balaban J connectivity index is 1.71. The van der Waals surface area contributed by atoms with Crippen molar-refractivity contribution in [3.63, 3.8) is 0 Å². The van der Waals surface area contributed by atoms with Gasteiger partial charge in [0.1, 0.15) is 0 Å². The summed E-state index contributed by atoms with van der Waals surface area (Å²) >= 11 is 0. The van der Waals surface area contributed by atoms with Crippen molar-refractivity contribution in [1.82, 2.24) is 15.1 Å². The Bertz CT molecular complexity index is 874. The number of benzene rings is 2. The quantitative estimate of drug-likeness (QED) is 0.608. The summed E-state index contributed by atoms with van der Waals surface area (Å²) in [5.74, 6) is -0.764. The number of hydrogen-bond acceptors (Lipinski definition) is 3. The molecule has 2 N–H and O–H groups in total. The van der Waals surface area contributed by atoms with Gasteiger partial charge in [0.15, 0.2) is 0 Å². The summed E-state index contributed by atoms with van der Waals surface area (Å²) < 4.78 is 1.94. The smallest absolute Gasteiger partial charge is 0.303 e. The molecule has 0 saturated carbocycles. The summed E-state index contributed by atoms with van der Waals surface area (Å²) in [5, 5.41) is 17.1. The van der Waals surface area contributed by atoms with Gasteiger partial charge in [-0.3, -0.25) is 4.79 Å². The Morgan fingerprint density at radius 1 is 1.11 bits per heavy atom. The van der Waals surface area contributed by atoms with E-state index in [1.165, 1.54) is 5.56 Å². The molecule has 0 saturated heterocycles. The van der Waals surface area contributed by atoms with Crippen LogP contribution in [-0.4, -0.2) is 26.9 Å². The Labute approximate surface area is 159 Å². The summed E-state index contributed by atoms with van der Waals surface area (Å²) in [5.41, 5.74) is 4.48.